The molecule has 0 amide bonds. The van der Waals surface area contributed by atoms with Crippen molar-refractivity contribution in [2.75, 3.05) is 0 Å². The third-order valence-corrected chi connectivity index (χ3v) is 3.51. The lowest BCUT2D eigenvalue weighted by Gasteiger charge is -2.10. The van der Waals surface area contributed by atoms with Crippen LogP contribution in [0.3, 0.4) is 0 Å². The molecule has 3 rings (SSSR count). The average Bonchev–Trinajstić information content (AvgIpc) is 2.97. The fourth-order valence-corrected chi connectivity index (χ4v) is 2.20. The summed E-state index contributed by atoms with van der Waals surface area (Å²) in [5, 5.41) is 11.6. The second-order valence-electron chi connectivity index (χ2n) is 5.44. The van der Waals surface area contributed by atoms with Crippen LogP contribution in [-0.4, -0.2) is 9.97 Å². The molecule has 3 nitrogen and oxygen atoms in total. The summed E-state index contributed by atoms with van der Waals surface area (Å²) in [5.74, 6) is 0.697. The van der Waals surface area contributed by atoms with Gasteiger partial charge in [-0.2, -0.15) is 5.26 Å². The maximum atomic E-state index is 9.16. The van der Waals surface area contributed by atoms with Crippen molar-refractivity contribution in [2.24, 2.45) is 0 Å². The maximum Gasteiger partial charge on any atom is 0.126 e. The van der Waals surface area contributed by atoms with Gasteiger partial charge in [0, 0.05) is 5.56 Å². The first-order valence-electron chi connectivity index (χ1n) is 6.56. The molecular weight excluding hydrogens is 246 g/mol. The van der Waals surface area contributed by atoms with Gasteiger partial charge in [0.1, 0.15) is 11.2 Å². The van der Waals surface area contributed by atoms with E-state index in [1.165, 1.54) is 10.8 Å². The monoisotopic (exact) mass is 261 g/mol. The number of nitrogens with one attached hydrogen (secondary N) is 1. The van der Waals surface area contributed by atoms with Gasteiger partial charge < -0.3 is 4.98 Å². The Bertz CT molecular complexity index is 806. The Labute approximate surface area is 117 Å². The van der Waals surface area contributed by atoms with E-state index in [2.05, 4.69) is 46.4 Å². The molecule has 0 aliphatic heterocycles. The largest absolute Gasteiger partial charge is 0.341 e. The fraction of sp³-hybridized carbons (Fsp3) is 0.176. The van der Waals surface area contributed by atoms with Crippen molar-refractivity contribution in [3.63, 3.8) is 0 Å². The van der Waals surface area contributed by atoms with Crippen LogP contribution in [-0.2, 0) is 5.41 Å². The van der Waals surface area contributed by atoms with Crippen LogP contribution in [0.25, 0.3) is 22.0 Å². The zero-order chi connectivity index (χ0) is 14.2. The predicted octanol–water partition coefficient (Wildman–Crippen LogP) is 4.03. The quantitative estimate of drug-likeness (QED) is 0.757. The summed E-state index contributed by atoms with van der Waals surface area (Å²) in [6.45, 7) is 3.71. The van der Waals surface area contributed by atoms with E-state index in [0.29, 0.717) is 5.82 Å². The lowest BCUT2D eigenvalue weighted by atomic mass is 9.95. The van der Waals surface area contributed by atoms with E-state index in [1.807, 2.05) is 26.0 Å². The van der Waals surface area contributed by atoms with E-state index < -0.39 is 5.41 Å². The van der Waals surface area contributed by atoms with Gasteiger partial charge in [0.25, 0.3) is 0 Å². The average molecular weight is 261 g/mol. The third kappa shape index (κ3) is 2.06. The first-order chi connectivity index (χ1) is 9.60. The molecule has 1 N–H and O–H groups in total. The standard InChI is InChI=1S/C17H15N3/c1-17(2,11-18)16-19-10-15(20-16)14-8-7-12-5-3-4-6-13(12)9-14/h3-10H,1-2H3,(H,19,20). The second kappa shape index (κ2) is 4.50. The molecule has 1 heterocycles. The summed E-state index contributed by atoms with van der Waals surface area (Å²) < 4.78 is 0. The zero-order valence-corrected chi connectivity index (χ0v) is 11.5. The minimum absolute atomic E-state index is 0.602. The molecule has 0 aliphatic rings. The van der Waals surface area contributed by atoms with Crippen molar-refractivity contribution in [1.29, 1.82) is 5.26 Å². The number of fused-ring (bicyclic) bond motifs is 1. The van der Waals surface area contributed by atoms with E-state index in [1.54, 1.807) is 6.20 Å². The topological polar surface area (TPSA) is 52.5 Å². The normalized spacial score (nSPS) is 11.4. The number of H-pyrrole nitrogens is 1. The van der Waals surface area contributed by atoms with Crippen molar-refractivity contribution in [3.8, 4) is 17.3 Å². The van der Waals surface area contributed by atoms with Crippen molar-refractivity contribution in [2.45, 2.75) is 19.3 Å². The Kier molecular flexibility index (Phi) is 2.80. The van der Waals surface area contributed by atoms with Gasteiger partial charge in [0.15, 0.2) is 0 Å². The molecule has 3 aromatic rings. The van der Waals surface area contributed by atoms with Crippen LogP contribution in [0.2, 0.25) is 0 Å². The number of rotatable bonds is 2. The lowest BCUT2D eigenvalue weighted by molar-refractivity contribution is 0.640. The second-order valence-corrected chi connectivity index (χ2v) is 5.44. The first kappa shape index (κ1) is 12.4. The van der Waals surface area contributed by atoms with Gasteiger partial charge in [0.2, 0.25) is 0 Å². The summed E-state index contributed by atoms with van der Waals surface area (Å²) in [6.07, 6.45) is 1.79. The maximum absolute atomic E-state index is 9.16. The fourth-order valence-electron chi connectivity index (χ4n) is 2.20. The Morgan fingerprint density at radius 3 is 2.60 bits per heavy atom. The predicted molar refractivity (Wildman–Crippen MR) is 80.2 cm³/mol. The molecule has 0 saturated heterocycles. The molecule has 2 aromatic carbocycles. The van der Waals surface area contributed by atoms with Crippen molar-refractivity contribution in [3.05, 3.63) is 54.5 Å². The molecule has 0 bridgehead atoms. The van der Waals surface area contributed by atoms with E-state index in [4.69, 9.17) is 5.26 Å². The summed E-state index contributed by atoms with van der Waals surface area (Å²) >= 11 is 0. The number of aromatic nitrogens is 2. The zero-order valence-electron chi connectivity index (χ0n) is 11.5. The molecule has 20 heavy (non-hydrogen) atoms. The van der Waals surface area contributed by atoms with Crippen LogP contribution < -0.4 is 0 Å². The van der Waals surface area contributed by atoms with Gasteiger partial charge >= 0.3 is 0 Å². The van der Waals surface area contributed by atoms with Gasteiger partial charge in [-0.15, -0.1) is 0 Å². The van der Waals surface area contributed by atoms with E-state index in [0.717, 1.165) is 11.3 Å². The first-order valence-corrected chi connectivity index (χ1v) is 6.56. The van der Waals surface area contributed by atoms with Crippen LogP contribution in [0.1, 0.15) is 19.7 Å². The van der Waals surface area contributed by atoms with Gasteiger partial charge in [-0.1, -0.05) is 36.4 Å². The molecule has 0 spiro atoms. The van der Waals surface area contributed by atoms with Crippen LogP contribution in [0.15, 0.2) is 48.7 Å². The molecule has 0 unspecified atom stereocenters. The molecule has 3 heteroatoms. The van der Waals surface area contributed by atoms with E-state index >= 15 is 0 Å². The smallest absolute Gasteiger partial charge is 0.126 e. The summed E-state index contributed by atoms with van der Waals surface area (Å²) in [5.41, 5.74) is 1.42. The van der Waals surface area contributed by atoms with E-state index in [-0.39, 0.29) is 0 Å². The lowest BCUT2D eigenvalue weighted by Crippen LogP contribution is -2.15. The molecule has 0 saturated carbocycles. The highest BCUT2D eigenvalue weighted by molar-refractivity contribution is 5.86. The molecule has 1 aromatic heterocycles. The number of aromatic amines is 1. The number of nitrogens with zero attached hydrogens (tertiary/aromatic N) is 2. The van der Waals surface area contributed by atoms with Crippen LogP contribution in [0.5, 0.6) is 0 Å². The van der Waals surface area contributed by atoms with Crippen molar-refractivity contribution >= 4 is 10.8 Å². The van der Waals surface area contributed by atoms with Gasteiger partial charge in [-0.3, -0.25) is 0 Å². The molecule has 0 atom stereocenters. The molecular formula is C17H15N3. The summed E-state index contributed by atoms with van der Waals surface area (Å²) in [4.78, 5) is 7.59. The van der Waals surface area contributed by atoms with E-state index in [9.17, 15) is 0 Å². The SMILES string of the molecule is CC(C)(C#N)c1ncc(-c2ccc3ccccc3c2)[nH]1. The highest BCUT2D eigenvalue weighted by Crippen LogP contribution is 2.26. The number of benzene rings is 2. The van der Waals surface area contributed by atoms with Gasteiger partial charge in [-0.05, 0) is 30.7 Å². The minimum atomic E-state index is -0.602. The molecule has 98 valence electrons. The Morgan fingerprint density at radius 2 is 1.85 bits per heavy atom. The van der Waals surface area contributed by atoms with Crippen LogP contribution in [0.4, 0.5) is 0 Å². The third-order valence-electron chi connectivity index (χ3n) is 3.51. The summed E-state index contributed by atoms with van der Waals surface area (Å²) in [7, 11) is 0. The molecule has 0 radical (unpaired) electrons. The van der Waals surface area contributed by atoms with Crippen LogP contribution >= 0.6 is 0 Å². The number of hydrogen-bond acceptors (Lipinski definition) is 2. The highest BCUT2D eigenvalue weighted by atomic mass is 14.9. The Morgan fingerprint density at radius 1 is 1.10 bits per heavy atom. The Balaban J connectivity index is 2.06. The molecule has 0 aliphatic carbocycles. The van der Waals surface area contributed by atoms with Crippen molar-refractivity contribution < 1.29 is 0 Å². The van der Waals surface area contributed by atoms with Gasteiger partial charge in [-0.25, -0.2) is 4.98 Å². The Hall–Kier alpha value is -2.60. The summed E-state index contributed by atoms with van der Waals surface area (Å²) in [6, 6.07) is 16.8. The molecule has 0 fully saturated rings. The number of imidazole rings is 1. The minimum Gasteiger partial charge on any atom is -0.341 e. The highest BCUT2D eigenvalue weighted by Gasteiger charge is 2.23. The number of nitriles is 1. The van der Waals surface area contributed by atoms with Gasteiger partial charge in [0.05, 0.1) is 18.0 Å². The van der Waals surface area contributed by atoms with Crippen molar-refractivity contribution in [1.82, 2.24) is 9.97 Å². The van der Waals surface area contributed by atoms with Crippen LogP contribution in [0, 0.1) is 11.3 Å². The number of hydrogen-bond donors (Lipinski definition) is 1.